The van der Waals surface area contributed by atoms with Crippen LogP contribution in [-0.2, 0) is 6.54 Å². The van der Waals surface area contributed by atoms with Crippen LogP contribution in [0.15, 0.2) is 33.3 Å². The van der Waals surface area contributed by atoms with Crippen molar-refractivity contribution in [1.29, 1.82) is 5.26 Å². The Hall–Kier alpha value is -2.07. The van der Waals surface area contributed by atoms with Crippen molar-refractivity contribution in [2.45, 2.75) is 30.1 Å². The zero-order valence-corrected chi connectivity index (χ0v) is 10.6. The number of pyridine rings is 1. The van der Waals surface area contributed by atoms with E-state index >= 15 is 0 Å². The van der Waals surface area contributed by atoms with Crippen LogP contribution in [0.2, 0.25) is 0 Å². The van der Waals surface area contributed by atoms with E-state index in [0.717, 1.165) is 6.42 Å². The molecule has 6 nitrogen and oxygen atoms in total. The molecule has 0 aliphatic carbocycles. The second-order valence-corrected chi connectivity index (χ2v) is 4.49. The molecule has 0 spiro atoms. The number of nitrogens with one attached hydrogen (secondary N) is 1. The van der Waals surface area contributed by atoms with Crippen molar-refractivity contribution in [2.75, 3.05) is 0 Å². The van der Waals surface area contributed by atoms with Crippen LogP contribution in [0.1, 0.15) is 18.9 Å². The summed E-state index contributed by atoms with van der Waals surface area (Å²) in [6, 6.07) is 5.45. The second-order valence-electron chi connectivity index (χ2n) is 3.53. The molecule has 2 rings (SSSR count). The minimum absolute atomic E-state index is 0.242. The lowest BCUT2D eigenvalue weighted by Crippen LogP contribution is -2.17. The molecule has 0 aromatic carbocycles. The van der Waals surface area contributed by atoms with Gasteiger partial charge in [0.25, 0.3) is 0 Å². The molecule has 2 heterocycles. The molecule has 2 aromatic rings. The largest absolute Gasteiger partial charge is 0.343 e. The summed E-state index contributed by atoms with van der Waals surface area (Å²) < 4.78 is 1.54. The van der Waals surface area contributed by atoms with E-state index in [9.17, 15) is 4.79 Å². The van der Waals surface area contributed by atoms with Gasteiger partial charge in [-0.05, 0) is 30.3 Å². The summed E-state index contributed by atoms with van der Waals surface area (Å²) in [7, 11) is 0. The van der Waals surface area contributed by atoms with Gasteiger partial charge >= 0.3 is 5.69 Å². The zero-order chi connectivity index (χ0) is 13.0. The molecule has 0 amide bonds. The lowest BCUT2D eigenvalue weighted by atomic mass is 10.3. The summed E-state index contributed by atoms with van der Waals surface area (Å²) >= 11 is 1.21. The average molecular weight is 261 g/mol. The summed E-state index contributed by atoms with van der Waals surface area (Å²) in [6.45, 7) is 2.57. The Morgan fingerprint density at radius 3 is 3.17 bits per heavy atom. The maximum Gasteiger partial charge on any atom is 0.343 e. The molecule has 1 N–H and O–H groups in total. The van der Waals surface area contributed by atoms with E-state index in [1.54, 1.807) is 22.9 Å². The molecule has 0 radical (unpaired) electrons. The van der Waals surface area contributed by atoms with Crippen LogP contribution in [0.3, 0.4) is 0 Å². The predicted octanol–water partition coefficient (Wildman–Crippen LogP) is 1.40. The first-order valence-corrected chi connectivity index (χ1v) is 6.26. The molecule has 0 aliphatic rings. The van der Waals surface area contributed by atoms with Gasteiger partial charge in [-0.3, -0.25) is 4.57 Å². The van der Waals surface area contributed by atoms with Gasteiger partial charge in [0, 0.05) is 12.7 Å². The Kier molecular flexibility index (Phi) is 3.79. The van der Waals surface area contributed by atoms with E-state index < -0.39 is 0 Å². The fraction of sp³-hybridized carbons (Fsp3) is 0.273. The van der Waals surface area contributed by atoms with Crippen LogP contribution in [0.4, 0.5) is 0 Å². The van der Waals surface area contributed by atoms with Crippen molar-refractivity contribution >= 4 is 11.8 Å². The van der Waals surface area contributed by atoms with E-state index in [-0.39, 0.29) is 5.69 Å². The lowest BCUT2D eigenvalue weighted by molar-refractivity contribution is 0.603. The highest BCUT2D eigenvalue weighted by atomic mass is 32.2. The maximum absolute atomic E-state index is 11.5. The smallest absolute Gasteiger partial charge is 0.270 e. The first-order valence-electron chi connectivity index (χ1n) is 5.44. The van der Waals surface area contributed by atoms with Crippen molar-refractivity contribution in [3.05, 3.63) is 34.4 Å². The summed E-state index contributed by atoms with van der Waals surface area (Å²) in [6.07, 6.45) is 2.44. The number of H-pyrrole nitrogens is 1. The summed E-state index contributed by atoms with van der Waals surface area (Å²) in [4.78, 5) is 15.6. The van der Waals surface area contributed by atoms with E-state index in [1.807, 2.05) is 6.92 Å². The van der Waals surface area contributed by atoms with Gasteiger partial charge in [-0.2, -0.15) is 5.26 Å². The Morgan fingerprint density at radius 1 is 1.61 bits per heavy atom. The van der Waals surface area contributed by atoms with Crippen LogP contribution in [0.25, 0.3) is 0 Å². The van der Waals surface area contributed by atoms with Crippen molar-refractivity contribution in [3.63, 3.8) is 0 Å². The van der Waals surface area contributed by atoms with Gasteiger partial charge in [-0.1, -0.05) is 6.92 Å². The molecule has 0 unspecified atom stereocenters. The van der Waals surface area contributed by atoms with Crippen LogP contribution in [-0.4, -0.2) is 19.7 Å². The average Bonchev–Trinajstić information content (AvgIpc) is 2.73. The Bertz CT molecular complexity index is 639. The number of aromatic nitrogens is 4. The van der Waals surface area contributed by atoms with E-state index in [0.29, 0.717) is 22.3 Å². The summed E-state index contributed by atoms with van der Waals surface area (Å²) in [5, 5.41) is 16.4. The lowest BCUT2D eigenvalue weighted by Gasteiger charge is -2.03. The van der Waals surface area contributed by atoms with Gasteiger partial charge in [0.15, 0.2) is 5.16 Å². The molecule has 0 saturated carbocycles. The molecule has 0 saturated heterocycles. The predicted molar refractivity (Wildman–Crippen MR) is 66.2 cm³/mol. The third-order valence-corrected chi connectivity index (χ3v) is 3.26. The number of hydrogen-bond acceptors (Lipinski definition) is 5. The molecule has 0 bridgehead atoms. The van der Waals surface area contributed by atoms with E-state index in [1.165, 1.54) is 11.8 Å². The number of hydrogen-bond donors (Lipinski definition) is 1. The van der Waals surface area contributed by atoms with Crippen LogP contribution < -0.4 is 5.69 Å². The van der Waals surface area contributed by atoms with E-state index in [2.05, 4.69) is 21.3 Å². The van der Waals surface area contributed by atoms with Gasteiger partial charge in [0.2, 0.25) is 0 Å². The van der Waals surface area contributed by atoms with Crippen molar-refractivity contribution in [3.8, 4) is 6.07 Å². The highest BCUT2D eigenvalue weighted by molar-refractivity contribution is 7.99. The van der Waals surface area contributed by atoms with Gasteiger partial charge in [-0.15, -0.1) is 5.10 Å². The fourth-order valence-corrected chi connectivity index (χ4v) is 2.33. The Balaban J connectivity index is 2.35. The molecule has 2 aromatic heterocycles. The van der Waals surface area contributed by atoms with Gasteiger partial charge in [-0.25, -0.2) is 14.9 Å². The molecular formula is C11H11N5OS. The first-order chi connectivity index (χ1) is 8.76. The molecular weight excluding hydrogens is 250 g/mol. The minimum atomic E-state index is -0.242. The monoisotopic (exact) mass is 261 g/mol. The van der Waals surface area contributed by atoms with Gasteiger partial charge < -0.3 is 0 Å². The van der Waals surface area contributed by atoms with E-state index in [4.69, 9.17) is 5.26 Å². The summed E-state index contributed by atoms with van der Waals surface area (Å²) in [5.74, 6) is 0. The zero-order valence-electron chi connectivity index (χ0n) is 9.75. The van der Waals surface area contributed by atoms with Gasteiger partial charge in [0.05, 0.1) is 5.56 Å². The number of aromatic amines is 1. The van der Waals surface area contributed by atoms with Crippen molar-refractivity contribution in [2.24, 2.45) is 0 Å². The normalized spacial score (nSPS) is 10.2. The highest BCUT2D eigenvalue weighted by Gasteiger charge is 2.12. The third-order valence-electron chi connectivity index (χ3n) is 2.25. The Labute approximate surface area is 108 Å². The SMILES string of the molecule is CCCn1c(Sc2ncccc2C#N)n[nH]c1=O. The molecule has 18 heavy (non-hydrogen) atoms. The molecule has 0 aliphatic heterocycles. The van der Waals surface area contributed by atoms with Crippen LogP contribution in [0.5, 0.6) is 0 Å². The summed E-state index contributed by atoms with van der Waals surface area (Å²) in [5.41, 5.74) is 0.231. The fourth-order valence-electron chi connectivity index (χ4n) is 1.45. The van der Waals surface area contributed by atoms with Crippen molar-refractivity contribution < 1.29 is 0 Å². The first kappa shape index (κ1) is 12.4. The minimum Gasteiger partial charge on any atom is -0.270 e. The quantitative estimate of drug-likeness (QED) is 0.898. The number of rotatable bonds is 4. The molecule has 0 atom stereocenters. The standard InChI is InChI=1S/C11H11N5OS/c1-2-6-16-10(17)14-15-11(16)18-9-8(7-12)4-3-5-13-9/h3-5H,2,6H2,1H3,(H,14,17). The number of nitriles is 1. The molecule has 0 fully saturated rings. The third kappa shape index (κ3) is 2.43. The maximum atomic E-state index is 11.5. The molecule has 7 heteroatoms. The molecule has 92 valence electrons. The Morgan fingerprint density at radius 2 is 2.44 bits per heavy atom. The van der Waals surface area contributed by atoms with Gasteiger partial charge in [0.1, 0.15) is 11.1 Å². The van der Waals surface area contributed by atoms with Crippen molar-refractivity contribution in [1.82, 2.24) is 19.7 Å². The second kappa shape index (κ2) is 5.51. The number of nitrogens with zero attached hydrogens (tertiary/aromatic N) is 4. The van der Waals surface area contributed by atoms with Crippen LogP contribution >= 0.6 is 11.8 Å². The topological polar surface area (TPSA) is 87.4 Å². The van der Waals surface area contributed by atoms with Crippen LogP contribution in [0, 0.1) is 11.3 Å². The highest BCUT2D eigenvalue weighted by Crippen LogP contribution is 2.25.